The topological polar surface area (TPSA) is 67.7 Å². The molecule has 0 unspecified atom stereocenters. The Bertz CT molecular complexity index is 587. The number of aryl methyl sites for hydroxylation is 1. The Labute approximate surface area is 118 Å². The highest BCUT2D eigenvalue weighted by Gasteiger charge is 2.20. The van der Waals surface area contributed by atoms with Crippen LogP contribution in [-0.4, -0.2) is 26.3 Å². The Kier molecular flexibility index (Phi) is 3.54. The van der Waals surface area contributed by atoms with Gasteiger partial charge in [-0.1, -0.05) is 0 Å². The van der Waals surface area contributed by atoms with Crippen molar-refractivity contribution < 1.29 is 0 Å². The van der Waals surface area contributed by atoms with Gasteiger partial charge >= 0.3 is 0 Å². The summed E-state index contributed by atoms with van der Waals surface area (Å²) in [6.45, 7) is 3.80. The van der Waals surface area contributed by atoms with Crippen LogP contribution in [0.3, 0.4) is 0 Å². The van der Waals surface area contributed by atoms with Gasteiger partial charge in [-0.15, -0.1) is 0 Å². The average Bonchev–Trinajstić information content (AvgIpc) is 3.24. The van der Waals surface area contributed by atoms with Crippen molar-refractivity contribution in [2.24, 2.45) is 13.0 Å². The molecule has 2 heterocycles. The molecule has 0 bridgehead atoms. The smallest absolute Gasteiger partial charge is 0.131 e. The van der Waals surface area contributed by atoms with Gasteiger partial charge in [0.15, 0.2) is 0 Å². The van der Waals surface area contributed by atoms with Gasteiger partial charge < -0.3 is 10.6 Å². The first-order valence-corrected chi connectivity index (χ1v) is 6.99. The minimum absolute atomic E-state index is 0.721. The van der Waals surface area contributed by atoms with E-state index in [0.29, 0.717) is 0 Å². The molecule has 2 N–H and O–H groups in total. The summed E-state index contributed by atoms with van der Waals surface area (Å²) in [6.07, 6.45) is 6.15. The summed E-state index contributed by atoms with van der Waals surface area (Å²) in [5, 5.41) is 10.9. The Morgan fingerprint density at radius 1 is 1.25 bits per heavy atom. The van der Waals surface area contributed by atoms with E-state index in [1.807, 2.05) is 24.0 Å². The van der Waals surface area contributed by atoms with Gasteiger partial charge in [0, 0.05) is 37.5 Å². The van der Waals surface area contributed by atoms with Crippen LogP contribution in [0, 0.1) is 12.8 Å². The molecule has 0 spiro atoms. The van der Waals surface area contributed by atoms with Crippen LogP contribution in [0.1, 0.15) is 24.1 Å². The van der Waals surface area contributed by atoms with Gasteiger partial charge in [-0.25, -0.2) is 9.97 Å². The van der Waals surface area contributed by atoms with Gasteiger partial charge in [-0.2, -0.15) is 5.10 Å². The summed E-state index contributed by atoms with van der Waals surface area (Å²) in [4.78, 5) is 8.48. The van der Waals surface area contributed by atoms with E-state index in [1.54, 1.807) is 6.33 Å². The molecule has 0 amide bonds. The molecule has 2 aromatic heterocycles. The molecule has 20 heavy (non-hydrogen) atoms. The number of rotatable bonds is 6. The van der Waals surface area contributed by atoms with Crippen molar-refractivity contribution >= 4 is 11.6 Å². The van der Waals surface area contributed by atoms with Crippen LogP contribution < -0.4 is 10.6 Å². The summed E-state index contributed by atoms with van der Waals surface area (Å²) in [6, 6.07) is 1.95. The fourth-order valence-corrected chi connectivity index (χ4v) is 2.03. The molecule has 0 aromatic carbocycles. The maximum absolute atomic E-state index is 4.24. The standard InChI is InChI=1S/C14H20N6/c1-10-12(8-19-20(10)2)7-16-14-5-13(17-9-18-14)15-6-11-3-4-11/h5,8-9,11H,3-4,6-7H2,1-2H3,(H2,15,16,17,18). The minimum atomic E-state index is 0.721. The van der Waals surface area contributed by atoms with Gasteiger partial charge in [0.1, 0.15) is 18.0 Å². The second kappa shape index (κ2) is 5.48. The van der Waals surface area contributed by atoms with E-state index >= 15 is 0 Å². The first kappa shape index (κ1) is 12.9. The maximum atomic E-state index is 4.24. The maximum Gasteiger partial charge on any atom is 0.131 e. The largest absolute Gasteiger partial charge is 0.370 e. The zero-order valence-electron chi connectivity index (χ0n) is 11.9. The number of hydrogen-bond acceptors (Lipinski definition) is 5. The third-order valence-corrected chi connectivity index (χ3v) is 3.73. The lowest BCUT2D eigenvalue weighted by molar-refractivity contribution is 0.738. The SMILES string of the molecule is Cc1c(CNc2cc(NCC3CC3)ncn2)cnn1C. The second-order valence-electron chi connectivity index (χ2n) is 5.35. The molecule has 6 heteroatoms. The average molecular weight is 272 g/mol. The van der Waals surface area contributed by atoms with Crippen molar-refractivity contribution in [2.75, 3.05) is 17.2 Å². The van der Waals surface area contributed by atoms with Crippen LogP contribution >= 0.6 is 0 Å². The zero-order chi connectivity index (χ0) is 13.9. The van der Waals surface area contributed by atoms with E-state index < -0.39 is 0 Å². The lowest BCUT2D eigenvalue weighted by Crippen LogP contribution is -2.07. The summed E-state index contributed by atoms with van der Waals surface area (Å²) < 4.78 is 1.87. The van der Waals surface area contributed by atoms with E-state index in [9.17, 15) is 0 Å². The predicted molar refractivity (Wildman–Crippen MR) is 78.5 cm³/mol. The Hall–Kier alpha value is -2.11. The summed E-state index contributed by atoms with van der Waals surface area (Å²) in [5.41, 5.74) is 2.34. The Morgan fingerprint density at radius 2 is 2.00 bits per heavy atom. The first-order chi connectivity index (χ1) is 9.72. The molecule has 106 valence electrons. The van der Waals surface area contributed by atoms with Crippen molar-refractivity contribution in [3.63, 3.8) is 0 Å². The van der Waals surface area contributed by atoms with E-state index in [0.717, 1.165) is 30.6 Å². The van der Waals surface area contributed by atoms with Crippen molar-refractivity contribution in [3.8, 4) is 0 Å². The van der Waals surface area contributed by atoms with Crippen LogP contribution in [0.4, 0.5) is 11.6 Å². The monoisotopic (exact) mass is 272 g/mol. The Balaban J connectivity index is 1.58. The van der Waals surface area contributed by atoms with Crippen LogP contribution in [-0.2, 0) is 13.6 Å². The zero-order valence-corrected chi connectivity index (χ0v) is 11.9. The van der Waals surface area contributed by atoms with Crippen LogP contribution in [0.15, 0.2) is 18.6 Å². The minimum Gasteiger partial charge on any atom is -0.370 e. The van der Waals surface area contributed by atoms with E-state index in [1.165, 1.54) is 24.1 Å². The Morgan fingerprint density at radius 3 is 2.65 bits per heavy atom. The molecule has 1 aliphatic carbocycles. The molecular formula is C14H20N6. The van der Waals surface area contributed by atoms with Crippen LogP contribution in [0.2, 0.25) is 0 Å². The molecular weight excluding hydrogens is 252 g/mol. The fourth-order valence-electron chi connectivity index (χ4n) is 2.03. The quantitative estimate of drug-likeness (QED) is 0.841. The number of anilines is 2. The highest BCUT2D eigenvalue weighted by molar-refractivity contribution is 5.46. The van der Waals surface area contributed by atoms with Gasteiger partial charge in [-0.3, -0.25) is 4.68 Å². The molecule has 3 rings (SSSR count). The number of hydrogen-bond donors (Lipinski definition) is 2. The predicted octanol–water partition coefficient (Wildman–Crippen LogP) is 1.95. The molecule has 0 atom stereocenters. The van der Waals surface area contributed by atoms with Crippen molar-refractivity contribution in [1.82, 2.24) is 19.7 Å². The second-order valence-corrected chi connectivity index (χ2v) is 5.35. The van der Waals surface area contributed by atoms with E-state index in [-0.39, 0.29) is 0 Å². The van der Waals surface area contributed by atoms with Crippen molar-refractivity contribution in [1.29, 1.82) is 0 Å². The van der Waals surface area contributed by atoms with Gasteiger partial charge in [0.05, 0.1) is 6.20 Å². The van der Waals surface area contributed by atoms with Crippen molar-refractivity contribution in [2.45, 2.75) is 26.3 Å². The molecule has 2 aromatic rings. The highest BCUT2D eigenvalue weighted by Crippen LogP contribution is 2.28. The van der Waals surface area contributed by atoms with Crippen molar-refractivity contribution in [3.05, 3.63) is 29.8 Å². The first-order valence-electron chi connectivity index (χ1n) is 6.99. The number of aromatic nitrogens is 4. The molecule has 1 saturated carbocycles. The van der Waals surface area contributed by atoms with E-state index in [2.05, 4.69) is 32.6 Å². The molecule has 0 aliphatic heterocycles. The summed E-state index contributed by atoms with van der Waals surface area (Å²) in [5.74, 6) is 2.55. The molecule has 6 nitrogen and oxygen atoms in total. The molecule has 0 saturated heterocycles. The van der Waals surface area contributed by atoms with Gasteiger partial charge in [0.25, 0.3) is 0 Å². The lowest BCUT2D eigenvalue weighted by atomic mass is 10.2. The normalized spacial score (nSPS) is 14.3. The fraction of sp³-hybridized carbons (Fsp3) is 0.500. The van der Waals surface area contributed by atoms with Gasteiger partial charge in [0.2, 0.25) is 0 Å². The third kappa shape index (κ3) is 3.07. The van der Waals surface area contributed by atoms with Gasteiger partial charge in [-0.05, 0) is 25.7 Å². The van der Waals surface area contributed by atoms with Crippen LogP contribution in [0.25, 0.3) is 0 Å². The third-order valence-electron chi connectivity index (χ3n) is 3.73. The lowest BCUT2D eigenvalue weighted by Gasteiger charge is -2.08. The number of nitrogens with one attached hydrogen (secondary N) is 2. The summed E-state index contributed by atoms with van der Waals surface area (Å²) >= 11 is 0. The molecule has 1 fully saturated rings. The molecule has 1 aliphatic rings. The summed E-state index contributed by atoms with van der Waals surface area (Å²) in [7, 11) is 1.95. The van der Waals surface area contributed by atoms with Crippen LogP contribution in [0.5, 0.6) is 0 Å². The highest BCUT2D eigenvalue weighted by atomic mass is 15.3. The van der Waals surface area contributed by atoms with E-state index in [4.69, 9.17) is 0 Å². The molecule has 0 radical (unpaired) electrons. The number of nitrogens with zero attached hydrogens (tertiary/aromatic N) is 4.